The number of rotatable bonds is 8. The molecule has 3 N–H and O–H groups in total. The van der Waals surface area contributed by atoms with Crippen molar-refractivity contribution in [3.05, 3.63) is 38.4 Å². The molecule has 0 aromatic carbocycles. The number of esters is 1. The van der Waals surface area contributed by atoms with Crippen LogP contribution in [0.3, 0.4) is 0 Å². The number of amides is 2. The fraction of sp³-hybridized carbons (Fsp3) is 0.353. The molecule has 2 aromatic rings. The molecule has 0 aliphatic rings. The van der Waals surface area contributed by atoms with Crippen molar-refractivity contribution in [3.63, 3.8) is 0 Å². The summed E-state index contributed by atoms with van der Waals surface area (Å²) < 4.78 is 5.03. The molecular formula is C17H21N3O4S2. The Kier molecular flexibility index (Phi) is 6.90. The normalized spacial score (nSPS) is 10.8. The summed E-state index contributed by atoms with van der Waals surface area (Å²) >= 11 is 2.58. The molecule has 2 rings (SSSR count). The largest absolute Gasteiger partial charge is 0.462 e. The lowest BCUT2D eigenvalue weighted by Crippen LogP contribution is -2.30. The zero-order valence-corrected chi connectivity index (χ0v) is 16.5. The number of hydrogen-bond donors (Lipinski definition) is 2. The van der Waals surface area contributed by atoms with E-state index in [2.05, 4.69) is 5.32 Å². The van der Waals surface area contributed by atoms with Crippen LogP contribution >= 0.6 is 22.7 Å². The average molecular weight is 396 g/mol. The molecule has 0 aliphatic heterocycles. The van der Waals surface area contributed by atoms with Gasteiger partial charge in [-0.2, -0.15) is 11.3 Å². The van der Waals surface area contributed by atoms with Crippen LogP contribution in [0.1, 0.15) is 38.1 Å². The van der Waals surface area contributed by atoms with E-state index in [4.69, 9.17) is 10.5 Å². The highest BCUT2D eigenvalue weighted by Crippen LogP contribution is 2.33. The summed E-state index contributed by atoms with van der Waals surface area (Å²) in [6.45, 7) is 4.27. The van der Waals surface area contributed by atoms with Crippen LogP contribution in [0, 0.1) is 6.92 Å². The third kappa shape index (κ3) is 4.90. The fourth-order valence-electron chi connectivity index (χ4n) is 2.45. The van der Waals surface area contributed by atoms with E-state index in [-0.39, 0.29) is 34.5 Å². The van der Waals surface area contributed by atoms with Crippen molar-refractivity contribution < 1.29 is 19.1 Å². The van der Waals surface area contributed by atoms with Crippen LogP contribution in [-0.2, 0) is 16.1 Å². The second kappa shape index (κ2) is 8.93. The van der Waals surface area contributed by atoms with E-state index < -0.39 is 11.9 Å². The highest BCUT2D eigenvalue weighted by Gasteiger charge is 2.25. The van der Waals surface area contributed by atoms with Crippen molar-refractivity contribution in [2.24, 2.45) is 5.73 Å². The van der Waals surface area contributed by atoms with E-state index >= 15 is 0 Å². The molecule has 0 spiro atoms. The number of carbonyl (C=O) groups is 3. The molecule has 140 valence electrons. The maximum absolute atomic E-state index is 12.4. The zero-order valence-electron chi connectivity index (χ0n) is 14.8. The molecule has 9 heteroatoms. The van der Waals surface area contributed by atoms with Crippen molar-refractivity contribution in [1.29, 1.82) is 0 Å². The second-order valence-electron chi connectivity index (χ2n) is 5.70. The van der Waals surface area contributed by atoms with Crippen molar-refractivity contribution in [3.8, 4) is 0 Å². The lowest BCUT2D eigenvalue weighted by molar-refractivity contribution is -0.117. The average Bonchev–Trinajstić information content (AvgIpc) is 3.15. The van der Waals surface area contributed by atoms with E-state index in [1.807, 2.05) is 28.8 Å². The Bertz CT molecular complexity index is 799. The SMILES string of the molecule is CCOC(=O)c1c(NC(=O)CN(C)Cc2ccsc2)sc(C(N)=O)c1C. The molecular weight excluding hydrogens is 374 g/mol. The summed E-state index contributed by atoms with van der Waals surface area (Å²) in [5.74, 6) is -1.52. The summed E-state index contributed by atoms with van der Waals surface area (Å²) in [7, 11) is 1.83. The van der Waals surface area contributed by atoms with Crippen molar-refractivity contribution in [2.75, 3.05) is 25.5 Å². The van der Waals surface area contributed by atoms with Gasteiger partial charge < -0.3 is 15.8 Å². The number of nitrogens with two attached hydrogens (primary N) is 1. The molecule has 26 heavy (non-hydrogen) atoms. The van der Waals surface area contributed by atoms with Gasteiger partial charge in [-0.3, -0.25) is 14.5 Å². The molecule has 0 saturated carbocycles. The molecule has 0 aliphatic carbocycles. The van der Waals surface area contributed by atoms with Crippen LogP contribution < -0.4 is 11.1 Å². The van der Waals surface area contributed by atoms with E-state index in [1.54, 1.807) is 25.2 Å². The molecule has 0 atom stereocenters. The molecule has 2 aromatic heterocycles. The van der Waals surface area contributed by atoms with Crippen molar-refractivity contribution in [1.82, 2.24) is 4.90 Å². The number of likely N-dealkylation sites (N-methyl/N-ethyl adjacent to an activating group) is 1. The third-order valence-corrected chi connectivity index (χ3v) is 5.50. The summed E-state index contributed by atoms with van der Waals surface area (Å²) in [6.07, 6.45) is 0. The van der Waals surface area contributed by atoms with Gasteiger partial charge in [0.15, 0.2) is 0 Å². The number of primary amides is 1. The minimum absolute atomic E-state index is 0.140. The Balaban J connectivity index is 2.13. The summed E-state index contributed by atoms with van der Waals surface area (Å²) in [5.41, 5.74) is 7.08. The van der Waals surface area contributed by atoms with Crippen molar-refractivity contribution >= 4 is 45.5 Å². The van der Waals surface area contributed by atoms with Gasteiger partial charge in [0.2, 0.25) is 5.91 Å². The Morgan fingerprint density at radius 2 is 2.08 bits per heavy atom. The van der Waals surface area contributed by atoms with Gasteiger partial charge in [-0.25, -0.2) is 4.79 Å². The molecule has 0 fully saturated rings. The third-order valence-electron chi connectivity index (χ3n) is 3.55. The Morgan fingerprint density at radius 1 is 1.35 bits per heavy atom. The topological polar surface area (TPSA) is 102 Å². The maximum Gasteiger partial charge on any atom is 0.341 e. The van der Waals surface area contributed by atoms with Crippen LogP contribution in [0.4, 0.5) is 5.00 Å². The highest BCUT2D eigenvalue weighted by molar-refractivity contribution is 7.18. The van der Waals surface area contributed by atoms with Crippen LogP contribution in [-0.4, -0.2) is 42.9 Å². The van der Waals surface area contributed by atoms with Gasteiger partial charge in [-0.1, -0.05) is 0 Å². The second-order valence-corrected chi connectivity index (χ2v) is 7.50. The van der Waals surface area contributed by atoms with Gasteiger partial charge in [0.1, 0.15) is 5.00 Å². The number of thiophene rings is 2. The van der Waals surface area contributed by atoms with Crippen LogP contribution in [0.25, 0.3) is 0 Å². The van der Waals surface area contributed by atoms with E-state index in [9.17, 15) is 14.4 Å². The minimum Gasteiger partial charge on any atom is -0.462 e. The molecule has 0 saturated heterocycles. The van der Waals surface area contributed by atoms with Crippen LogP contribution in [0.15, 0.2) is 16.8 Å². The predicted octanol–water partition coefficient (Wildman–Crippen LogP) is 2.46. The van der Waals surface area contributed by atoms with Gasteiger partial charge in [0.05, 0.1) is 23.6 Å². The van der Waals surface area contributed by atoms with Gasteiger partial charge in [-0.05, 0) is 48.8 Å². The van der Waals surface area contributed by atoms with Crippen LogP contribution in [0.5, 0.6) is 0 Å². The number of ether oxygens (including phenoxy) is 1. The lowest BCUT2D eigenvalue weighted by Gasteiger charge is -2.15. The molecule has 0 unspecified atom stereocenters. The number of carbonyl (C=O) groups excluding carboxylic acids is 3. The van der Waals surface area contributed by atoms with Gasteiger partial charge in [0, 0.05) is 6.54 Å². The summed E-state index contributed by atoms with van der Waals surface area (Å²) in [5, 5.41) is 6.99. The first-order valence-corrected chi connectivity index (χ1v) is 9.69. The molecule has 7 nitrogen and oxygen atoms in total. The zero-order chi connectivity index (χ0) is 19.3. The van der Waals surface area contributed by atoms with Gasteiger partial charge >= 0.3 is 5.97 Å². The highest BCUT2D eigenvalue weighted by atomic mass is 32.1. The number of nitrogens with zero attached hydrogens (tertiary/aromatic N) is 1. The van der Waals surface area contributed by atoms with E-state index in [1.165, 1.54) is 0 Å². The Labute approximate surface area is 159 Å². The minimum atomic E-state index is -0.645. The van der Waals surface area contributed by atoms with Gasteiger partial charge in [0.25, 0.3) is 5.91 Å². The van der Waals surface area contributed by atoms with Crippen LogP contribution in [0.2, 0.25) is 0 Å². The first-order valence-electron chi connectivity index (χ1n) is 7.93. The smallest absolute Gasteiger partial charge is 0.341 e. The lowest BCUT2D eigenvalue weighted by atomic mass is 10.1. The Hall–Kier alpha value is -2.23. The molecule has 0 bridgehead atoms. The molecule has 0 radical (unpaired) electrons. The number of anilines is 1. The maximum atomic E-state index is 12.4. The van der Waals surface area contributed by atoms with Gasteiger partial charge in [-0.15, -0.1) is 11.3 Å². The first kappa shape index (κ1) is 20.1. The molecule has 2 amide bonds. The first-order chi connectivity index (χ1) is 12.3. The fourth-order valence-corrected chi connectivity index (χ4v) is 4.17. The van der Waals surface area contributed by atoms with Crippen molar-refractivity contribution in [2.45, 2.75) is 20.4 Å². The number of hydrogen-bond acceptors (Lipinski definition) is 7. The molecule has 2 heterocycles. The number of nitrogens with one attached hydrogen (secondary N) is 1. The summed E-state index contributed by atoms with van der Waals surface area (Å²) in [6, 6.07) is 2.00. The quantitative estimate of drug-likeness (QED) is 0.669. The monoisotopic (exact) mass is 395 g/mol. The summed E-state index contributed by atoms with van der Waals surface area (Å²) in [4.78, 5) is 38.2. The van der Waals surface area contributed by atoms with E-state index in [0.29, 0.717) is 12.1 Å². The van der Waals surface area contributed by atoms with E-state index in [0.717, 1.165) is 16.9 Å². The predicted molar refractivity (Wildman–Crippen MR) is 103 cm³/mol. The Morgan fingerprint density at radius 3 is 2.65 bits per heavy atom. The standard InChI is InChI=1S/C17H21N3O4S2/c1-4-24-17(23)13-10(2)14(15(18)22)26-16(13)19-12(21)8-20(3)7-11-5-6-25-9-11/h5-6,9H,4,7-8H2,1-3H3,(H2,18,22)(H,19,21).